The molecule has 82 valence electrons. The van der Waals surface area contributed by atoms with Gasteiger partial charge in [0.15, 0.2) is 0 Å². The SMILES string of the molecule is Cc1ccc(Cl)cc1NC1CCOCC1. The van der Waals surface area contributed by atoms with Gasteiger partial charge < -0.3 is 10.1 Å². The summed E-state index contributed by atoms with van der Waals surface area (Å²) in [6.45, 7) is 3.81. The van der Waals surface area contributed by atoms with Crippen LogP contribution in [0.2, 0.25) is 5.02 Å². The van der Waals surface area contributed by atoms with Crippen molar-refractivity contribution in [1.82, 2.24) is 0 Å². The first-order valence-corrected chi connectivity index (χ1v) is 5.74. The second kappa shape index (κ2) is 4.86. The molecule has 1 aliphatic rings. The standard InChI is InChI=1S/C12H16ClNO/c1-9-2-3-10(13)8-12(9)14-11-4-6-15-7-5-11/h2-3,8,11,14H,4-7H2,1H3. The van der Waals surface area contributed by atoms with Gasteiger partial charge in [0.05, 0.1) is 0 Å². The van der Waals surface area contributed by atoms with Gasteiger partial charge in [-0.1, -0.05) is 17.7 Å². The average Bonchev–Trinajstić information content (AvgIpc) is 2.25. The molecular weight excluding hydrogens is 210 g/mol. The van der Waals surface area contributed by atoms with Gasteiger partial charge in [-0.25, -0.2) is 0 Å². The summed E-state index contributed by atoms with van der Waals surface area (Å²) in [7, 11) is 0. The number of aryl methyl sites for hydroxylation is 1. The van der Waals surface area contributed by atoms with Crippen LogP contribution in [-0.4, -0.2) is 19.3 Å². The van der Waals surface area contributed by atoms with Crippen LogP contribution in [0.1, 0.15) is 18.4 Å². The van der Waals surface area contributed by atoms with Gasteiger partial charge in [0.1, 0.15) is 0 Å². The zero-order valence-electron chi connectivity index (χ0n) is 8.92. The Morgan fingerprint density at radius 1 is 1.33 bits per heavy atom. The van der Waals surface area contributed by atoms with E-state index in [0.717, 1.165) is 36.8 Å². The number of nitrogens with one attached hydrogen (secondary N) is 1. The minimum Gasteiger partial charge on any atom is -0.382 e. The predicted octanol–water partition coefficient (Wildman–Crippen LogP) is 3.24. The molecule has 1 saturated heterocycles. The first-order valence-electron chi connectivity index (χ1n) is 5.36. The molecule has 1 aromatic carbocycles. The number of benzene rings is 1. The minimum atomic E-state index is 0.524. The van der Waals surface area contributed by atoms with Gasteiger partial charge in [-0.3, -0.25) is 0 Å². The van der Waals surface area contributed by atoms with E-state index in [1.54, 1.807) is 0 Å². The Kier molecular flexibility index (Phi) is 3.49. The maximum Gasteiger partial charge on any atom is 0.0485 e. The largest absolute Gasteiger partial charge is 0.382 e. The molecule has 15 heavy (non-hydrogen) atoms. The number of hydrogen-bond donors (Lipinski definition) is 1. The van der Waals surface area contributed by atoms with Crippen LogP contribution in [0.3, 0.4) is 0 Å². The highest BCUT2D eigenvalue weighted by atomic mass is 35.5. The van der Waals surface area contributed by atoms with Crippen molar-refractivity contribution in [1.29, 1.82) is 0 Å². The maximum absolute atomic E-state index is 5.97. The van der Waals surface area contributed by atoms with Crippen molar-refractivity contribution in [3.05, 3.63) is 28.8 Å². The number of hydrogen-bond acceptors (Lipinski definition) is 2. The quantitative estimate of drug-likeness (QED) is 0.835. The molecule has 0 atom stereocenters. The average molecular weight is 226 g/mol. The van der Waals surface area contributed by atoms with Gasteiger partial charge in [-0.2, -0.15) is 0 Å². The van der Waals surface area contributed by atoms with Crippen molar-refractivity contribution in [3.8, 4) is 0 Å². The van der Waals surface area contributed by atoms with Gasteiger partial charge in [-0.15, -0.1) is 0 Å². The molecule has 2 rings (SSSR count). The molecule has 0 unspecified atom stereocenters. The highest BCUT2D eigenvalue weighted by molar-refractivity contribution is 6.30. The van der Waals surface area contributed by atoms with E-state index in [1.165, 1.54) is 5.56 Å². The molecule has 3 heteroatoms. The van der Waals surface area contributed by atoms with Gasteiger partial charge >= 0.3 is 0 Å². The van der Waals surface area contributed by atoms with E-state index in [-0.39, 0.29) is 0 Å². The Bertz CT molecular complexity index is 334. The van der Waals surface area contributed by atoms with E-state index >= 15 is 0 Å². The van der Waals surface area contributed by atoms with Crippen molar-refractivity contribution < 1.29 is 4.74 Å². The van der Waals surface area contributed by atoms with Crippen LogP contribution in [-0.2, 0) is 4.74 Å². The Morgan fingerprint density at radius 2 is 2.07 bits per heavy atom. The van der Waals surface area contributed by atoms with E-state index < -0.39 is 0 Å². The fourth-order valence-corrected chi connectivity index (χ4v) is 1.98. The van der Waals surface area contributed by atoms with Crippen molar-refractivity contribution in [2.75, 3.05) is 18.5 Å². The van der Waals surface area contributed by atoms with Gasteiger partial charge in [-0.05, 0) is 37.5 Å². The third kappa shape index (κ3) is 2.86. The number of rotatable bonds is 2. The van der Waals surface area contributed by atoms with Crippen molar-refractivity contribution in [2.45, 2.75) is 25.8 Å². The molecule has 1 aliphatic heterocycles. The molecule has 0 aliphatic carbocycles. The van der Waals surface area contributed by atoms with E-state index in [0.29, 0.717) is 6.04 Å². The molecule has 0 bridgehead atoms. The molecule has 1 fully saturated rings. The number of halogens is 1. The van der Waals surface area contributed by atoms with Crippen LogP contribution in [0, 0.1) is 6.92 Å². The lowest BCUT2D eigenvalue weighted by Crippen LogP contribution is -2.28. The van der Waals surface area contributed by atoms with Gasteiger partial charge in [0.25, 0.3) is 0 Å². The van der Waals surface area contributed by atoms with Crippen molar-refractivity contribution in [3.63, 3.8) is 0 Å². The Hall–Kier alpha value is -0.730. The highest BCUT2D eigenvalue weighted by Gasteiger charge is 2.13. The summed E-state index contributed by atoms with van der Waals surface area (Å²) in [6.07, 6.45) is 2.15. The van der Waals surface area contributed by atoms with Crippen LogP contribution >= 0.6 is 11.6 Å². The molecule has 1 aromatic rings. The summed E-state index contributed by atoms with van der Waals surface area (Å²) in [5, 5.41) is 4.31. The van der Waals surface area contributed by atoms with Crippen molar-refractivity contribution in [2.24, 2.45) is 0 Å². The Labute approximate surface area is 95.6 Å². The third-order valence-corrected chi connectivity index (χ3v) is 3.02. The molecule has 1 N–H and O–H groups in total. The molecule has 2 nitrogen and oxygen atoms in total. The summed E-state index contributed by atoms with van der Waals surface area (Å²) in [4.78, 5) is 0. The molecule has 1 heterocycles. The minimum absolute atomic E-state index is 0.524. The lowest BCUT2D eigenvalue weighted by atomic mass is 10.1. The number of ether oxygens (including phenoxy) is 1. The third-order valence-electron chi connectivity index (χ3n) is 2.78. The zero-order chi connectivity index (χ0) is 10.7. The van der Waals surface area contributed by atoms with Gasteiger partial charge in [0, 0.05) is 30.0 Å². The normalized spacial score (nSPS) is 17.7. The van der Waals surface area contributed by atoms with E-state index in [4.69, 9.17) is 16.3 Å². The summed E-state index contributed by atoms with van der Waals surface area (Å²) < 4.78 is 5.33. The molecule has 0 radical (unpaired) electrons. The molecule has 0 saturated carbocycles. The maximum atomic E-state index is 5.97. The lowest BCUT2D eigenvalue weighted by molar-refractivity contribution is 0.0904. The van der Waals surface area contributed by atoms with Crippen LogP contribution in [0.15, 0.2) is 18.2 Å². The second-order valence-electron chi connectivity index (χ2n) is 3.99. The highest BCUT2D eigenvalue weighted by Crippen LogP contribution is 2.22. The predicted molar refractivity (Wildman–Crippen MR) is 63.7 cm³/mol. The van der Waals surface area contributed by atoms with E-state index in [2.05, 4.69) is 12.2 Å². The van der Waals surface area contributed by atoms with Crippen LogP contribution in [0.25, 0.3) is 0 Å². The second-order valence-corrected chi connectivity index (χ2v) is 4.43. The van der Waals surface area contributed by atoms with E-state index in [9.17, 15) is 0 Å². The summed E-state index contributed by atoms with van der Waals surface area (Å²) in [5.41, 5.74) is 2.39. The fourth-order valence-electron chi connectivity index (χ4n) is 1.81. The zero-order valence-corrected chi connectivity index (χ0v) is 9.68. The summed E-state index contributed by atoms with van der Waals surface area (Å²) in [6, 6.07) is 6.48. The molecule has 0 aromatic heterocycles. The smallest absolute Gasteiger partial charge is 0.0485 e. The monoisotopic (exact) mass is 225 g/mol. The topological polar surface area (TPSA) is 21.3 Å². The molecular formula is C12H16ClNO. The fraction of sp³-hybridized carbons (Fsp3) is 0.500. The first kappa shape index (κ1) is 10.8. The lowest BCUT2D eigenvalue weighted by Gasteiger charge is -2.25. The molecule has 0 amide bonds. The van der Waals surface area contributed by atoms with Gasteiger partial charge in [0.2, 0.25) is 0 Å². The van der Waals surface area contributed by atoms with Crippen LogP contribution < -0.4 is 5.32 Å². The Balaban J connectivity index is 2.05. The van der Waals surface area contributed by atoms with E-state index in [1.807, 2.05) is 18.2 Å². The molecule has 0 spiro atoms. The first-order chi connectivity index (χ1) is 7.25. The van der Waals surface area contributed by atoms with Crippen molar-refractivity contribution >= 4 is 17.3 Å². The van der Waals surface area contributed by atoms with Crippen LogP contribution in [0.4, 0.5) is 5.69 Å². The Morgan fingerprint density at radius 3 is 2.80 bits per heavy atom. The summed E-state index contributed by atoms with van der Waals surface area (Å²) in [5.74, 6) is 0. The van der Waals surface area contributed by atoms with Crippen LogP contribution in [0.5, 0.6) is 0 Å². The number of anilines is 1. The summed E-state index contributed by atoms with van der Waals surface area (Å²) >= 11 is 5.97.